The lowest BCUT2D eigenvalue weighted by Gasteiger charge is -2.09. The maximum absolute atomic E-state index is 11.3. The van der Waals surface area contributed by atoms with Crippen LogP contribution in [0.1, 0.15) is 13.3 Å². The third-order valence-corrected chi connectivity index (χ3v) is 2.32. The Balaban J connectivity index is 2.77. The number of carbonyl (C=O) groups excluding carboxylic acids is 1. The number of hydrogen-bond acceptors (Lipinski definition) is 3. The molecule has 13 heavy (non-hydrogen) atoms. The zero-order valence-electron chi connectivity index (χ0n) is 7.45. The minimum absolute atomic E-state index is 0.206. The van der Waals surface area contributed by atoms with E-state index in [2.05, 4.69) is 6.58 Å². The predicted molar refractivity (Wildman–Crippen MR) is 45.0 cm³/mol. The Bertz CT molecular complexity index is 258. The first-order chi connectivity index (χ1) is 6.09. The summed E-state index contributed by atoms with van der Waals surface area (Å²) in [5.41, 5.74) is -1.34. The molecule has 0 unspecified atom stereocenters. The van der Waals surface area contributed by atoms with Crippen molar-refractivity contribution in [3.8, 4) is 0 Å². The fourth-order valence-corrected chi connectivity index (χ4v) is 1.40. The summed E-state index contributed by atoms with van der Waals surface area (Å²) < 4.78 is 4.70. The van der Waals surface area contributed by atoms with Crippen LogP contribution in [0.15, 0.2) is 12.7 Å². The van der Waals surface area contributed by atoms with E-state index in [9.17, 15) is 9.59 Å². The SMILES string of the molecule is C=C[C@H]1C[C@@]1(C(=O)O)C(=O)OCC. The van der Waals surface area contributed by atoms with Gasteiger partial charge < -0.3 is 9.84 Å². The summed E-state index contributed by atoms with van der Waals surface area (Å²) in [7, 11) is 0. The summed E-state index contributed by atoms with van der Waals surface area (Å²) >= 11 is 0. The van der Waals surface area contributed by atoms with Crippen molar-refractivity contribution in [2.24, 2.45) is 11.3 Å². The second-order valence-corrected chi connectivity index (χ2v) is 3.04. The molecule has 1 N–H and O–H groups in total. The third kappa shape index (κ3) is 1.32. The number of hydrogen-bond donors (Lipinski definition) is 1. The molecule has 0 radical (unpaired) electrons. The Hall–Kier alpha value is -1.32. The van der Waals surface area contributed by atoms with Gasteiger partial charge in [0, 0.05) is 5.92 Å². The number of carboxylic acids is 1. The summed E-state index contributed by atoms with van der Waals surface area (Å²) in [5, 5.41) is 8.85. The molecule has 0 aromatic carbocycles. The van der Waals surface area contributed by atoms with E-state index in [1.54, 1.807) is 6.92 Å². The van der Waals surface area contributed by atoms with Crippen LogP contribution >= 0.6 is 0 Å². The number of aliphatic carboxylic acids is 1. The molecule has 0 aromatic rings. The Labute approximate surface area is 76.2 Å². The first-order valence-corrected chi connectivity index (χ1v) is 4.12. The van der Waals surface area contributed by atoms with Crippen LogP contribution in [-0.4, -0.2) is 23.7 Å². The molecule has 1 saturated carbocycles. The Morgan fingerprint density at radius 1 is 1.77 bits per heavy atom. The number of carboxylic acid groups (broad SMARTS) is 1. The second-order valence-electron chi connectivity index (χ2n) is 3.04. The van der Waals surface area contributed by atoms with Crippen molar-refractivity contribution in [2.75, 3.05) is 6.61 Å². The summed E-state index contributed by atoms with van der Waals surface area (Å²) in [4.78, 5) is 22.1. The van der Waals surface area contributed by atoms with Crippen LogP contribution in [0.3, 0.4) is 0 Å². The number of ether oxygens (including phenoxy) is 1. The maximum atomic E-state index is 11.3. The van der Waals surface area contributed by atoms with Gasteiger partial charge in [-0.05, 0) is 13.3 Å². The van der Waals surface area contributed by atoms with Crippen molar-refractivity contribution in [3.05, 3.63) is 12.7 Å². The quantitative estimate of drug-likeness (QED) is 0.399. The minimum Gasteiger partial charge on any atom is -0.480 e. The van der Waals surface area contributed by atoms with E-state index < -0.39 is 17.4 Å². The van der Waals surface area contributed by atoms with Crippen LogP contribution in [0.25, 0.3) is 0 Å². The van der Waals surface area contributed by atoms with Gasteiger partial charge in [0.25, 0.3) is 0 Å². The molecule has 72 valence electrons. The van der Waals surface area contributed by atoms with Crippen LogP contribution in [-0.2, 0) is 14.3 Å². The van der Waals surface area contributed by atoms with E-state index in [4.69, 9.17) is 9.84 Å². The molecule has 0 aromatic heterocycles. The zero-order valence-corrected chi connectivity index (χ0v) is 7.45. The van der Waals surface area contributed by atoms with E-state index >= 15 is 0 Å². The van der Waals surface area contributed by atoms with E-state index in [0.29, 0.717) is 6.42 Å². The van der Waals surface area contributed by atoms with Gasteiger partial charge in [0.1, 0.15) is 0 Å². The largest absolute Gasteiger partial charge is 0.480 e. The van der Waals surface area contributed by atoms with Crippen LogP contribution in [0.2, 0.25) is 0 Å². The van der Waals surface area contributed by atoms with E-state index in [0.717, 1.165) is 0 Å². The fraction of sp³-hybridized carbons (Fsp3) is 0.556. The number of esters is 1. The Morgan fingerprint density at radius 2 is 2.38 bits per heavy atom. The van der Waals surface area contributed by atoms with Crippen molar-refractivity contribution in [1.29, 1.82) is 0 Å². The lowest BCUT2D eigenvalue weighted by atomic mass is 10.0. The molecule has 2 atom stereocenters. The summed E-state index contributed by atoms with van der Waals surface area (Å²) in [5.74, 6) is -2.03. The molecule has 0 bridgehead atoms. The van der Waals surface area contributed by atoms with E-state index in [-0.39, 0.29) is 12.5 Å². The van der Waals surface area contributed by atoms with Crippen LogP contribution in [0.5, 0.6) is 0 Å². The molecule has 4 nitrogen and oxygen atoms in total. The van der Waals surface area contributed by atoms with Crippen molar-refractivity contribution in [1.82, 2.24) is 0 Å². The second kappa shape index (κ2) is 3.20. The molecule has 1 aliphatic rings. The van der Waals surface area contributed by atoms with Crippen molar-refractivity contribution in [3.63, 3.8) is 0 Å². The van der Waals surface area contributed by atoms with Gasteiger partial charge in [0.2, 0.25) is 0 Å². The molecule has 1 rings (SSSR count). The van der Waals surface area contributed by atoms with E-state index in [1.165, 1.54) is 6.08 Å². The van der Waals surface area contributed by atoms with E-state index in [1.807, 2.05) is 0 Å². The van der Waals surface area contributed by atoms with Crippen molar-refractivity contribution >= 4 is 11.9 Å². The van der Waals surface area contributed by atoms with Crippen LogP contribution in [0.4, 0.5) is 0 Å². The van der Waals surface area contributed by atoms with Crippen LogP contribution in [0, 0.1) is 11.3 Å². The molecule has 0 spiro atoms. The summed E-state index contributed by atoms with van der Waals surface area (Å²) in [6.07, 6.45) is 1.80. The van der Waals surface area contributed by atoms with Crippen LogP contribution < -0.4 is 0 Å². The molecule has 0 saturated heterocycles. The molecule has 0 heterocycles. The molecule has 1 aliphatic carbocycles. The highest BCUT2D eigenvalue weighted by atomic mass is 16.5. The van der Waals surface area contributed by atoms with Crippen molar-refractivity contribution in [2.45, 2.75) is 13.3 Å². The van der Waals surface area contributed by atoms with Gasteiger partial charge in [-0.25, -0.2) is 0 Å². The molecule has 0 amide bonds. The average molecular weight is 184 g/mol. The molecular formula is C9H12O4. The molecule has 4 heteroatoms. The first-order valence-electron chi connectivity index (χ1n) is 4.12. The first kappa shape index (κ1) is 9.77. The van der Waals surface area contributed by atoms with Gasteiger partial charge >= 0.3 is 11.9 Å². The van der Waals surface area contributed by atoms with Gasteiger partial charge in [-0.1, -0.05) is 6.08 Å². The normalized spacial score (nSPS) is 30.7. The lowest BCUT2D eigenvalue weighted by molar-refractivity contribution is -0.161. The van der Waals surface area contributed by atoms with Gasteiger partial charge in [-0.2, -0.15) is 0 Å². The Kier molecular flexibility index (Phi) is 2.40. The predicted octanol–water partition coefficient (Wildman–Crippen LogP) is 0.826. The third-order valence-electron chi connectivity index (χ3n) is 2.32. The topological polar surface area (TPSA) is 63.6 Å². The Morgan fingerprint density at radius 3 is 2.69 bits per heavy atom. The van der Waals surface area contributed by atoms with Gasteiger partial charge in [0.05, 0.1) is 6.61 Å². The monoisotopic (exact) mass is 184 g/mol. The number of allylic oxidation sites excluding steroid dienone is 1. The maximum Gasteiger partial charge on any atom is 0.324 e. The number of carbonyl (C=O) groups is 2. The van der Waals surface area contributed by atoms with Crippen molar-refractivity contribution < 1.29 is 19.4 Å². The number of rotatable bonds is 4. The standard InChI is InChI=1S/C9H12O4/c1-3-6-5-9(6,7(10)11)8(12)13-4-2/h3,6H,1,4-5H2,2H3,(H,10,11)/t6-,9+/m0/s1. The highest BCUT2D eigenvalue weighted by Crippen LogP contribution is 2.54. The van der Waals surface area contributed by atoms with Gasteiger partial charge in [-0.15, -0.1) is 6.58 Å². The fourth-order valence-electron chi connectivity index (χ4n) is 1.40. The smallest absolute Gasteiger partial charge is 0.324 e. The van der Waals surface area contributed by atoms with Gasteiger partial charge in [-0.3, -0.25) is 9.59 Å². The molecular weight excluding hydrogens is 172 g/mol. The highest BCUT2D eigenvalue weighted by molar-refractivity contribution is 6.03. The molecule has 1 fully saturated rings. The molecule has 0 aliphatic heterocycles. The highest BCUT2D eigenvalue weighted by Gasteiger charge is 2.66. The van der Waals surface area contributed by atoms with Gasteiger partial charge in [0.15, 0.2) is 5.41 Å². The lowest BCUT2D eigenvalue weighted by Crippen LogP contribution is -2.29. The minimum atomic E-state index is -1.34. The zero-order chi connectivity index (χ0) is 10.1. The average Bonchev–Trinajstić information content (AvgIpc) is 2.79. The summed E-state index contributed by atoms with van der Waals surface area (Å²) in [6, 6.07) is 0. The summed E-state index contributed by atoms with van der Waals surface area (Å²) in [6.45, 7) is 5.33.